The summed E-state index contributed by atoms with van der Waals surface area (Å²) in [4.78, 5) is 2.37. The highest BCUT2D eigenvalue weighted by Gasteiger charge is 2.29. The first-order valence-corrected chi connectivity index (χ1v) is 7.15. The molecule has 0 aliphatic carbocycles. The van der Waals surface area contributed by atoms with E-state index in [-0.39, 0.29) is 5.54 Å². The Morgan fingerprint density at radius 2 is 1.72 bits per heavy atom. The van der Waals surface area contributed by atoms with Crippen molar-refractivity contribution in [2.24, 2.45) is 5.41 Å². The van der Waals surface area contributed by atoms with Crippen LogP contribution in [-0.2, 0) is 0 Å². The maximum Gasteiger partial charge on any atom is 0.0598 e. The number of piperidine rings is 1. The van der Waals surface area contributed by atoms with Gasteiger partial charge in [0, 0.05) is 24.7 Å². The third-order valence-electron chi connectivity index (χ3n) is 3.47. The Labute approximate surface area is 114 Å². The van der Waals surface area contributed by atoms with Crippen LogP contribution in [0.4, 0.5) is 0 Å². The summed E-state index contributed by atoms with van der Waals surface area (Å²) in [7, 11) is 0. The first-order valence-electron chi connectivity index (χ1n) is 7.15. The van der Waals surface area contributed by atoms with Crippen molar-refractivity contribution in [1.29, 1.82) is 0 Å². The summed E-state index contributed by atoms with van der Waals surface area (Å²) in [5.74, 6) is 2.74. The lowest BCUT2D eigenvalue weighted by Crippen LogP contribution is -2.52. The van der Waals surface area contributed by atoms with Crippen molar-refractivity contribution in [3.8, 4) is 12.3 Å². The molecule has 2 heteroatoms. The third kappa shape index (κ3) is 5.89. The second kappa shape index (κ2) is 6.08. The van der Waals surface area contributed by atoms with Crippen LogP contribution in [0.2, 0.25) is 0 Å². The van der Waals surface area contributed by atoms with Crippen molar-refractivity contribution < 1.29 is 0 Å². The fraction of sp³-hybridized carbons (Fsp3) is 0.875. The van der Waals surface area contributed by atoms with Gasteiger partial charge in [0.05, 0.1) is 6.54 Å². The van der Waals surface area contributed by atoms with Crippen LogP contribution in [0.15, 0.2) is 0 Å². The smallest absolute Gasteiger partial charge is 0.0598 e. The molecule has 104 valence electrons. The van der Waals surface area contributed by atoms with Crippen LogP contribution in [0.1, 0.15) is 53.9 Å². The standard InChI is InChI=1S/C16H30N2/c1-7-10-18-11-8-14(9-12-18)17-16(5,6)13-15(2,3)4/h1,14,17H,8-13H2,2-6H3. The van der Waals surface area contributed by atoms with Crippen LogP contribution in [0.5, 0.6) is 0 Å². The molecule has 1 heterocycles. The Kier molecular flexibility index (Phi) is 5.25. The molecule has 2 nitrogen and oxygen atoms in total. The van der Waals surface area contributed by atoms with Gasteiger partial charge in [-0.05, 0) is 38.5 Å². The average molecular weight is 250 g/mol. The Bertz CT molecular complexity index is 285. The molecule has 0 saturated carbocycles. The van der Waals surface area contributed by atoms with Crippen molar-refractivity contribution in [2.45, 2.75) is 65.5 Å². The second-order valence-electron chi connectivity index (χ2n) is 7.52. The Hall–Kier alpha value is -0.520. The monoisotopic (exact) mass is 250 g/mol. The highest BCUT2D eigenvalue weighted by atomic mass is 15.1. The van der Waals surface area contributed by atoms with Crippen molar-refractivity contribution in [1.82, 2.24) is 10.2 Å². The van der Waals surface area contributed by atoms with E-state index in [9.17, 15) is 0 Å². The highest BCUT2D eigenvalue weighted by molar-refractivity contribution is 4.92. The van der Waals surface area contributed by atoms with Crippen molar-refractivity contribution in [3.05, 3.63) is 0 Å². The molecule has 0 unspecified atom stereocenters. The van der Waals surface area contributed by atoms with Gasteiger partial charge in [0.25, 0.3) is 0 Å². The molecule has 0 spiro atoms. The molecule has 1 N–H and O–H groups in total. The van der Waals surface area contributed by atoms with Crippen LogP contribution in [0.25, 0.3) is 0 Å². The minimum absolute atomic E-state index is 0.219. The lowest BCUT2D eigenvalue weighted by atomic mass is 9.81. The van der Waals surface area contributed by atoms with E-state index in [1.807, 2.05) is 0 Å². The fourth-order valence-corrected chi connectivity index (χ4v) is 3.29. The topological polar surface area (TPSA) is 15.3 Å². The minimum atomic E-state index is 0.219. The summed E-state index contributed by atoms with van der Waals surface area (Å²) in [6.07, 6.45) is 8.99. The molecule has 1 aliphatic heterocycles. The summed E-state index contributed by atoms with van der Waals surface area (Å²) in [5.41, 5.74) is 0.595. The summed E-state index contributed by atoms with van der Waals surface area (Å²) < 4.78 is 0. The zero-order chi connectivity index (χ0) is 13.8. The largest absolute Gasteiger partial charge is 0.309 e. The summed E-state index contributed by atoms with van der Waals surface area (Å²) >= 11 is 0. The van der Waals surface area contributed by atoms with Gasteiger partial charge in [-0.1, -0.05) is 26.7 Å². The quantitative estimate of drug-likeness (QED) is 0.772. The molecule has 1 aliphatic rings. The van der Waals surface area contributed by atoms with E-state index in [0.29, 0.717) is 11.5 Å². The van der Waals surface area contributed by atoms with E-state index >= 15 is 0 Å². The van der Waals surface area contributed by atoms with E-state index in [2.05, 4.69) is 50.8 Å². The molecule has 0 aromatic carbocycles. The van der Waals surface area contributed by atoms with Crippen molar-refractivity contribution in [3.63, 3.8) is 0 Å². The maximum absolute atomic E-state index is 5.36. The van der Waals surface area contributed by atoms with Gasteiger partial charge >= 0.3 is 0 Å². The molecule has 1 rings (SSSR count). The van der Waals surface area contributed by atoms with Crippen LogP contribution >= 0.6 is 0 Å². The van der Waals surface area contributed by atoms with Gasteiger partial charge in [-0.2, -0.15) is 0 Å². The second-order valence-corrected chi connectivity index (χ2v) is 7.52. The zero-order valence-electron chi connectivity index (χ0n) is 12.8. The average Bonchev–Trinajstić information content (AvgIpc) is 2.17. The van der Waals surface area contributed by atoms with Gasteiger partial charge in [0.15, 0.2) is 0 Å². The highest BCUT2D eigenvalue weighted by Crippen LogP contribution is 2.28. The molecule has 0 aromatic rings. The van der Waals surface area contributed by atoms with Gasteiger partial charge in [-0.15, -0.1) is 6.42 Å². The van der Waals surface area contributed by atoms with Gasteiger partial charge in [-0.25, -0.2) is 0 Å². The van der Waals surface area contributed by atoms with E-state index in [0.717, 1.165) is 19.6 Å². The SMILES string of the molecule is C#CCN1CCC(NC(C)(C)CC(C)(C)C)CC1. The number of terminal acetylenes is 1. The molecular weight excluding hydrogens is 220 g/mol. The molecular formula is C16H30N2. The van der Waals surface area contributed by atoms with E-state index in [1.165, 1.54) is 19.3 Å². The predicted molar refractivity (Wildman–Crippen MR) is 79.6 cm³/mol. The lowest BCUT2D eigenvalue weighted by Gasteiger charge is -2.40. The number of hydrogen-bond acceptors (Lipinski definition) is 2. The Morgan fingerprint density at radius 3 is 2.17 bits per heavy atom. The first-order chi connectivity index (χ1) is 8.22. The number of rotatable bonds is 4. The third-order valence-corrected chi connectivity index (χ3v) is 3.47. The van der Waals surface area contributed by atoms with Gasteiger partial charge in [0.2, 0.25) is 0 Å². The molecule has 1 saturated heterocycles. The first kappa shape index (κ1) is 15.5. The molecule has 0 radical (unpaired) electrons. The van der Waals surface area contributed by atoms with Crippen LogP contribution in [-0.4, -0.2) is 36.1 Å². The Balaban J connectivity index is 2.38. The summed E-state index contributed by atoms with van der Waals surface area (Å²) in [6, 6.07) is 0.649. The number of nitrogens with one attached hydrogen (secondary N) is 1. The van der Waals surface area contributed by atoms with Gasteiger partial charge in [-0.3, -0.25) is 4.90 Å². The molecule has 0 atom stereocenters. The minimum Gasteiger partial charge on any atom is -0.309 e. The maximum atomic E-state index is 5.36. The molecule has 0 aromatic heterocycles. The molecule has 0 amide bonds. The lowest BCUT2D eigenvalue weighted by molar-refractivity contribution is 0.167. The number of hydrogen-bond donors (Lipinski definition) is 1. The van der Waals surface area contributed by atoms with Gasteiger partial charge in [0.1, 0.15) is 0 Å². The van der Waals surface area contributed by atoms with Crippen molar-refractivity contribution >= 4 is 0 Å². The zero-order valence-corrected chi connectivity index (χ0v) is 12.8. The summed E-state index contributed by atoms with van der Waals surface area (Å²) in [5, 5.41) is 3.84. The summed E-state index contributed by atoms with van der Waals surface area (Å²) in [6.45, 7) is 14.7. The predicted octanol–water partition coefficient (Wildman–Crippen LogP) is 2.89. The molecule has 18 heavy (non-hydrogen) atoms. The van der Waals surface area contributed by atoms with E-state index in [4.69, 9.17) is 6.42 Å². The van der Waals surface area contributed by atoms with Crippen LogP contribution in [0.3, 0.4) is 0 Å². The Morgan fingerprint density at radius 1 is 1.17 bits per heavy atom. The number of likely N-dealkylation sites (tertiary alicyclic amines) is 1. The van der Waals surface area contributed by atoms with Crippen LogP contribution < -0.4 is 5.32 Å². The van der Waals surface area contributed by atoms with Crippen molar-refractivity contribution in [2.75, 3.05) is 19.6 Å². The molecule has 1 fully saturated rings. The van der Waals surface area contributed by atoms with Crippen LogP contribution in [0, 0.1) is 17.8 Å². The van der Waals surface area contributed by atoms with Gasteiger partial charge < -0.3 is 5.32 Å². The number of nitrogens with zero attached hydrogens (tertiary/aromatic N) is 1. The van der Waals surface area contributed by atoms with E-state index < -0.39 is 0 Å². The molecule has 0 bridgehead atoms. The van der Waals surface area contributed by atoms with E-state index in [1.54, 1.807) is 0 Å². The fourth-order valence-electron chi connectivity index (χ4n) is 3.29. The normalized spacial score (nSPS) is 19.8.